The van der Waals surface area contributed by atoms with Crippen molar-refractivity contribution in [1.82, 2.24) is 14.9 Å². The number of benzene rings is 2. The van der Waals surface area contributed by atoms with Crippen LogP contribution in [0.15, 0.2) is 48.8 Å². The second kappa shape index (κ2) is 6.83. The fourth-order valence-electron chi connectivity index (χ4n) is 5.04. The summed E-state index contributed by atoms with van der Waals surface area (Å²) in [6.45, 7) is 6.06. The normalized spacial score (nSPS) is 21.4. The Kier molecular flexibility index (Phi) is 4.29. The van der Waals surface area contributed by atoms with Crippen molar-refractivity contribution < 1.29 is 9.28 Å². The number of carbonyl (C=O) groups excluding carboxylic acids is 1. The zero-order valence-corrected chi connectivity index (χ0v) is 16.4. The Morgan fingerprint density at radius 3 is 2.64 bits per heavy atom. The molecule has 1 N–H and O–H groups in total. The van der Waals surface area contributed by atoms with Gasteiger partial charge in [0.1, 0.15) is 12.4 Å². The number of carbonyl (C=O) groups is 1. The summed E-state index contributed by atoms with van der Waals surface area (Å²) in [5.41, 5.74) is 5.17. The van der Waals surface area contributed by atoms with Crippen LogP contribution in [0.5, 0.6) is 0 Å². The number of nitrogens with zero attached hydrogens (tertiary/aromatic N) is 3. The summed E-state index contributed by atoms with van der Waals surface area (Å²) in [5.74, 6) is 0.295. The molecule has 0 saturated carbocycles. The summed E-state index contributed by atoms with van der Waals surface area (Å²) in [6.07, 6.45) is 5.27. The number of likely N-dealkylation sites (tertiary alicyclic amines) is 1. The molecule has 2 saturated heterocycles. The molecule has 2 aliphatic heterocycles. The average molecular weight is 375 g/mol. The molecule has 1 unspecified atom stereocenters. The van der Waals surface area contributed by atoms with Crippen LogP contribution in [0.1, 0.15) is 35.2 Å². The van der Waals surface area contributed by atoms with E-state index in [1.165, 1.54) is 5.56 Å². The lowest BCUT2D eigenvalue weighted by Gasteiger charge is -2.36. The molecule has 1 amide bonds. The van der Waals surface area contributed by atoms with Crippen molar-refractivity contribution >= 4 is 16.9 Å². The SMILES string of the molecule is Cc1ccc2ncn(-c3ccc(C(=O)[N+]4(C5CCNC5)CCCC4)cc3)c2c1. The van der Waals surface area contributed by atoms with Gasteiger partial charge >= 0.3 is 5.91 Å². The third-order valence-electron chi connectivity index (χ3n) is 6.60. The van der Waals surface area contributed by atoms with E-state index in [2.05, 4.69) is 52.1 Å². The van der Waals surface area contributed by atoms with Gasteiger partial charge in [-0.25, -0.2) is 9.78 Å². The van der Waals surface area contributed by atoms with E-state index in [4.69, 9.17) is 0 Å². The number of imidazole rings is 1. The number of hydrogen-bond donors (Lipinski definition) is 1. The first kappa shape index (κ1) is 17.6. The van der Waals surface area contributed by atoms with Gasteiger partial charge in [-0.05, 0) is 48.9 Å². The van der Waals surface area contributed by atoms with E-state index in [1.807, 2.05) is 18.5 Å². The van der Waals surface area contributed by atoms with E-state index in [1.54, 1.807) is 0 Å². The highest BCUT2D eigenvalue weighted by Gasteiger charge is 2.47. The molecule has 0 radical (unpaired) electrons. The van der Waals surface area contributed by atoms with Gasteiger partial charge in [0.2, 0.25) is 0 Å². The van der Waals surface area contributed by atoms with Crippen LogP contribution >= 0.6 is 0 Å². The van der Waals surface area contributed by atoms with E-state index in [-0.39, 0.29) is 0 Å². The molecule has 0 bridgehead atoms. The Bertz CT molecular complexity index is 1010. The quantitative estimate of drug-likeness (QED) is 0.714. The zero-order chi connectivity index (χ0) is 19.1. The molecule has 5 heteroatoms. The third-order valence-corrected chi connectivity index (χ3v) is 6.60. The fourth-order valence-corrected chi connectivity index (χ4v) is 5.04. The van der Waals surface area contributed by atoms with Crippen LogP contribution < -0.4 is 5.32 Å². The molecule has 2 aromatic carbocycles. The van der Waals surface area contributed by atoms with Crippen LogP contribution in [-0.4, -0.2) is 52.2 Å². The molecule has 0 spiro atoms. The predicted molar refractivity (Wildman–Crippen MR) is 111 cm³/mol. The van der Waals surface area contributed by atoms with Crippen molar-refractivity contribution in [2.75, 3.05) is 26.2 Å². The summed E-state index contributed by atoms with van der Waals surface area (Å²) < 4.78 is 2.73. The molecule has 5 nitrogen and oxygen atoms in total. The van der Waals surface area contributed by atoms with Gasteiger partial charge in [-0.15, -0.1) is 0 Å². The van der Waals surface area contributed by atoms with Gasteiger partial charge < -0.3 is 5.32 Å². The van der Waals surface area contributed by atoms with E-state index < -0.39 is 0 Å². The molecule has 3 aromatic rings. The van der Waals surface area contributed by atoms with Gasteiger partial charge in [0.05, 0.1) is 29.7 Å². The molecular weight excluding hydrogens is 348 g/mol. The van der Waals surface area contributed by atoms with Crippen molar-refractivity contribution in [1.29, 1.82) is 0 Å². The van der Waals surface area contributed by atoms with Gasteiger partial charge in [0.15, 0.2) is 0 Å². The maximum absolute atomic E-state index is 13.5. The van der Waals surface area contributed by atoms with Crippen LogP contribution in [0.3, 0.4) is 0 Å². The second-order valence-electron chi connectivity index (χ2n) is 8.29. The van der Waals surface area contributed by atoms with E-state index >= 15 is 0 Å². The van der Waals surface area contributed by atoms with E-state index in [0.29, 0.717) is 16.4 Å². The third kappa shape index (κ3) is 2.77. The summed E-state index contributed by atoms with van der Waals surface area (Å²) in [6, 6.07) is 14.8. The maximum Gasteiger partial charge on any atom is 0.346 e. The molecule has 28 heavy (non-hydrogen) atoms. The Balaban J connectivity index is 1.47. The molecule has 2 fully saturated rings. The Morgan fingerprint density at radius 1 is 1.14 bits per heavy atom. The van der Waals surface area contributed by atoms with Gasteiger partial charge in [-0.2, -0.15) is 0 Å². The Labute approximate surface area is 165 Å². The number of quaternary nitrogens is 1. The van der Waals surface area contributed by atoms with Crippen molar-refractivity contribution in [3.05, 3.63) is 59.9 Å². The fraction of sp³-hybridized carbons (Fsp3) is 0.391. The lowest BCUT2D eigenvalue weighted by molar-refractivity contribution is -0.860. The van der Waals surface area contributed by atoms with Crippen LogP contribution in [0.4, 0.5) is 0 Å². The number of fused-ring (bicyclic) bond motifs is 1. The summed E-state index contributed by atoms with van der Waals surface area (Å²) in [5, 5.41) is 3.45. The number of nitrogens with one attached hydrogen (secondary N) is 1. The predicted octanol–water partition coefficient (Wildman–Crippen LogP) is 3.45. The Morgan fingerprint density at radius 2 is 1.93 bits per heavy atom. The molecule has 2 aliphatic rings. The first-order chi connectivity index (χ1) is 13.7. The van der Waals surface area contributed by atoms with Crippen LogP contribution in [0.2, 0.25) is 0 Å². The molecule has 3 heterocycles. The molecule has 1 atom stereocenters. The minimum atomic E-state index is 0.295. The minimum absolute atomic E-state index is 0.295. The van der Waals surface area contributed by atoms with Crippen molar-refractivity contribution in [3.63, 3.8) is 0 Å². The molecule has 144 valence electrons. The van der Waals surface area contributed by atoms with Gasteiger partial charge in [-0.3, -0.25) is 9.05 Å². The number of hydrogen-bond acceptors (Lipinski definition) is 3. The zero-order valence-electron chi connectivity index (χ0n) is 16.4. The van der Waals surface area contributed by atoms with E-state index in [0.717, 1.165) is 67.7 Å². The van der Waals surface area contributed by atoms with Crippen molar-refractivity contribution in [2.24, 2.45) is 0 Å². The van der Waals surface area contributed by atoms with Gasteiger partial charge in [-0.1, -0.05) is 6.07 Å². The van der Waals surface area contributed by atoms with Crippen LogP contribution in [-0.2, 0) is 0 Å². The summed E-state index contributed by atoms with van der Waals surface area (Å²) >= 11 is 0. The lowest BCUT2D eigenvalue weighted by Crippen LogP contribution is -2.58. The van der Waals surface area contributed by atoms with Gasteiger partial charge in [0, 0.05) is 38.0 Å². The summed E-state index contributed by atoms with van der Waals surface area (Å²) in [7, 11) is 0. The lowest BCUT2D eigenvalue weighted by atomic mass is 10.1. The van der Waals surface area contributed by atoms with Crippen molar-refractivity contribution in [3.8, 4) is 5.69 Å². The second-order valence-corrected chi connectivity index (χ2v) is 8.29. The highest BCUT2D eigenvalue weighted by Crippen LogP contribution is 2.30. The molecule has 1 aromatic heterocycles. The maximum atomic E-state index is 13.5. The first-order valence-electron chi connectivity index (χ1n) is 10.3. The number of aromatic nitrogens is 2. The summed E-state index contributed by atoms with van der Waals surface area (Å²) in [4.78, 5) is 18.0. The minimum Gasteiger partial charge on any atom is -0.311 e. The van der Waals surface area contributed by atoms with Crippen LogP contribution in [0.25, 0.3) is 16.7 Å². The molecular formula is C23H27N4O+. The molecule has 5 rings (SSSR count). The van der Waals surface area contributed by atoms with Gasteiger partial charge in [0.25, 0.3) is 0 Å². The topological polar surface area (TPSA) is 46.9 Å². The monoisotopic (exact) mass is 375 g/mol. The highest BCUT2D eigenvalue weighted by atomic mass is 16.2. The van der Waals surface area contributed by atoms with Crippen LogP contribution in [0, 0.1) is 6.92 Å². The standard InChI is InChI=1S/C23H27N4O/c1-17-4-9-21-22(14-17)26(16-25-21)19-7-5-18(6-8-19)23(28)27(12-2-3-13-27)20-10-11-24-15-20/h4-9,14,16,20,24H,2-3,10-13,15H2,1H3/q+1. The first-order valence-corrected chi connectivity index (χ1v) is 10.3. The number of amides is 1. The van der Waals surface area contributed by atoms with E-state index in [9.17, 15) is 4.79 Å². The number of rotatable bonds is 3. The van der Waals surface area contributed by atoms with Crippen molar-refractivity contribution in [2.45, 2.75) is 32.2 Å². The molecule has 0 aliphatic carbocycles. The number of aryl methyl sites for hydroxylation is 1. The smallest absolute Gasteiger partial charge is 0.311 e. The average Bonchev–Trinajstić information content (AvgIpc) is 3.47. The largest absolute Gasteiger partial charge is 0.346 e. The Hall–Kier alpha value is -2.50. The highest BCUT2D eigenvalue weighted by molar-refractivity contribution is 5.89.